The molecule has 0 aromatic rings. The predicted octanol–water partition coefficient (Wildman–Crippen LogP) is -0.181. The summed E-state index contributed by atoms with van der Waals surface area (Å²) in [7, 11) is 0. The van der Waals surface area contributed by atoms with Crippen molar-refractivity contribution in [2.24, 2.45) is 0 Å². The highest BCUT2D eigenvalue weighted by atomic mass is 35.5. The monoisotopic (exact) mass is 191 g/mol. The van der Waals surface area contributed by atoms with Crippen LogP contribution in [0.5, 0.6) is 0 Å². The molecule has 1 saturated heterocycles. The standard InChI is InChI=1S/C8H14ClNO2/c9-3-1-2-4-10-5-7(11)8(12)6-10/h1-2,7-8,11-12H,3-6H2/b2-1+. The van der Waals surface area contributed by atoms with Gasteiger partial charge in [-0.25, -0.2) is 0 Å². The van der Waals surface area contributed by atoms with Crippen molar-refractivity contribution < 1.29 is 10.2 Å². The van der Waals surface area contributed by atoms with Crippen molar-refractivity contribution in [2.75, 3.05) is 25.5 Å². The van der Waals surface area contributed by atoms with Crippen LogP contribution < -0.4 is 0 Å². The molecule has 0 aromatic heterocycles. The second-order valence-corrected chi connectivity index (χ2v) is 3.29. The second kappa shape index (κ2) is 4.82. The number of β-amino-alcohol motifs (C(OH)–C–C–N with tert-alkyl or cyclic N) is 2. The largest absolute Gasteiger partial charge is 0.389 e. The average Bonchev–Trinajstić information content (AvgIpc) is 2.32. The van der Waals surface area contributed by atoms with E-state index in [0.29, 0.717) is 19.0 Å². The van der Waals surface area contributed by atoms with Gasteiger partial charge in [0, 0.05) is 25.5 Å². The van der Waals surface area contributed by atoms with Crippen molar-refractivity contribution in [1.82, 2.24) is 4.90 Å². The number of aliphatic hydroxyl groups excluding tert-OH is 2. The van der Waals surface area contributed by atoms with E-state index >= 15 is 0 Å². The summed E-state index contributed by atoms with van der Waals surface area (Å²) in [5.41, 5.74) is 0. The maximum atomic E-state index is 9.18. The molecule has 0 aromatic carbocycles. The molecule has 0 saturated carbocycles. The Bertz CT molecular complexity index is 153. The van der Waals surface area contributed by atoms with E-state index in [9.17, 15) is 10.2 Å². The molecule has 2 atom stereocenters. The first-order chi connectivity index (χ1) is 5.74. The van der Waals surface area contributed by atoms with E-state index in [4.69, 9.17) is 11.6 Å². The van der Waals surface area contributed by atoms with Crippen molar-refractivity contribution in [1.29, 1.82) is 0 Å². The van der Waals surface area contributed by atoms with Crippen LogP contribution in [-0.2, 0) is 0 Å². The van der Waals surface area contributed by atoms with Crippen molar-refractivity contribution in [2.45, 2.75) is 12.2 Å². The first-order valence-corrected chi connectivity index (χ1v) is 4.57. The Morgan fingerprint density at radius 1 is 1.25 bits per heavy atom. The minimum Gasteiger partial charge on any atom is -0.389 e. The summed E-state index contributed by atoms with van der Waals surface area (Å²) in [5.74, 6) is 0.513. The zero-order chi connectivity index (χ0) is 8.97. The van der Waals surface area contributed by atoms with Gasteiger partial charge >= 0.3 is 0 Å². The molecule has 0 amide bonds. The third-order valence-electron chi connectivity index (χ3n) is 1.95. The molecule has 70 valence electrons. The minimum atomic E-state index is -0.589. The summed E-state index contributed by atoms with van der Waals surface area (Å²) in [6.45, 7) is 1.85. The first kappa shape index (κ1) is 9.99. The van der Waals surface area contributed by atoms with Gasteiger partial charge in [-0.1, -0.05) is 12.2 Å². The van der Waals surface area contributed by atoms with Gasteiger partial charge in [0.05, 0.1) is 12.2 Å². The zero-order valence-electron chi connectivity index (χ0n) is 6.86. The fraction of sp³-hybridized carbons (Fsp3) is 0.750. The van der Waals surface area contributed by atoms with Crippen molar-refractivity contribution in [3.05, 3.63) is 12.2 Å². The molecule has 3 nitrogen and oxygen atoms in total. The number of rotatable bonds is 3. The third kappa shape index (κ3) is 2.75. The molecule has 0 aliphatic carbocycles. The van der Waals surface area contributed by atoms with Crippen LogP contribution in [0.25, 0.3) is 0 Å². The highest BCUT2D eigenvalue weighted by Crippen LogP contribution is 2.08. The number of hydrogen-bond acceptors (Lipinski definition) is 3. The SMILES string of the molecule is OC1CN(C/C=C/CCl)CC1O. The van der Waals surface area contributed by atoms with Crippen LogP contribution in [0.15, 0.2) is 12.2 Å². The van der Waals surface area contributed by atoms with Gasteiger partial charge in [-0.15, -0.1) is 11.6 Å². The Kier molecular flexibility index (Phi) is 4.01. The lowest BCUT2D eigenvalue weighted by atomic mass is 10.3. The van der Waals surface area contributed by atoms with Crippen molar-refractivity contribution >= 4 is 11.6 Å². The van der Waals surface area contributed by atoms with Crippen LogP contribution in [-0.4, -0.2) is 52.8 Å². The van der Waals surface area contributed by atoms with E-state index in [1.807, 2.05) is 17.1 Å². The molecule has 0 bridgehead atoms. The minimum absolute atomic E-state index is 0.513. The molecule has 12 heavy (non-hydrogen) atoms. The average molecular weight is 192 g/mol. The number of alkyl halides is 1. The number of hydrogen-bond donors (Lipinski definition) is 2. The summed E-state index contributed by atoms with van der Waals surface area (Å²) in [4.78, 5) is 1.98. The Balaban J connectivity index is 2.23. The lowest BCUT2D eigenvalue weighted by Gasteiger charge is -2.10. The molecule has 1 rings (SSSR count). The Morgan fingerprint density at radius 2 is 1.83 bits per heavy atom. The fourth-order valence-electron chi connectivity index (χ4n) is 1.28. The molecule has 0 radical (unpaired) electrons. The number of likely N-dealkylation sites (tertiary alicyclic amines) is 1. The molecule has 1 fully saturated rings. The highest BCUT2D eigenvalue weighted by molar-refractivity contribution is 6.18. The smallest absolute Gasteiger partial charge is 0.0938 e. The molecule has 2 N–H and O–H groups in total. The number of aliphatic hydroxyl groups is 2. The molecule has 4 heteroatoms. The molecule has 1 aliphatic rings. The number of allylic oxidation sites excluding steroid dienone is 1. The Hall–Kier alpha value is -0.0900. The van der Waals surface area contributed by atoms with E-state index < -0.39 is 12.2 Å². The van der Waals surface area contributed by atoms with Gasteiger partial charge in [0.15, 0.2) is 0 Å². The molecule has 1 heterocycles. The van der Waals surface area contributed by atoms with E-state index in [0.717, 1.165) is 6.54 Å². The van der Waals surface area contributed by atoms with Gasteiger partial charge < -0.3 is 10.2 Å². The van der Waals surface area contributed by atoms with Gasteiger partial charge in [-0.3, -0.25) is 4.90 Å². The molecule has 0 spiro atoms. The van der Waals surface area contributed by atoms with Gasteiger partial charge in [-0.05, 0) is 0 Å². The van der Waals surface area contributed by atoms with Gasteiger partial charge in [-0.2, -0.15) is 0 Å². The maximum Gasteiger partial charge on any atom is 0.0938 e. The Morgan fingerprint density at radius 3 is 2.33 bits per heavy atom. The molecule has 2 unspecified atom stereocenters. The maximum absolute atomic E-state index is 9.18. The number of halogens is 1. The van der Waals surface area contributed by atoms with Crippen molar-refractivity contribution in [3.8, 4) is 0 Å². The van der Waals surface area contributed by atoms with E-state index in [2.05, 4.69) is 0 Å². The van der Waals surface area contributed by atoms with Crippen LogP contribution >= 0.6 is 11.6 Å². The van der Waals surface area contributed by atoms with E-state index in [-0.39, 0.29) is 0 Å². The van der Waals surface area contributed by atoms with E-state index in [1.54, 1.807) is 0 Å². The zero-order valence-corrected chi connectivity index (χ0v) is 7.61. The number of nitrogens with zero attached hydrogens (tertiary/aromatic N) is 1. The summed E-state index contributed by atoms with van der Waals surface area (Å²) in [5, 5.41) is 18.4. The van der Waals surface area contributed by atoms with Crippen LogP contribution in [0.1, 0.15) is 0 Å². The fourth-order valence-corrected chi connectivity index (χ4v) is 1.41. The normalized spacial score (nSPS) is 31.9. The molecular formula is C8H14ClNO2. The highest BCUT2D eigenvalue weighted by Gasteiger charge is 2.28. The third-order valence-corrected chi connectivity index (χ3v) is 2.13. The van der Waals surface area contributed by atoms with Crippen LogP contribution in [0.4, 0.5) is 0 Å². The molecule has 1 aliphatic heterocycles. The predicted molar refractivity (Wildman–Crippen MR) is 48.3 cm³/mol. The lowest BCUT2D eigenvalue weighted by Crippen LogP contribution is -2.22. The summed E-state index contributed by atoms with van der Waals surface area (Å²) in [6, 6.07) is 0. The van der Waals surface area contributed by atoms with Crippen LogP contribution in [0.2, 0.25) is 0 Å². The summed E-state index contributed by atoms with van der Waals surface area (Å²) < 4.78 is 0. The van der Waals surface area contributed by atoms with Gasteiger partial charge in [0.2, 0.25) is 0 Å². The molecular weight excluding hydrogens is 178 g/mol. The van der Waals surface area contributed by atoms with E-state index in [1.165, 1.54) is 0 Å². The van der Waals surface area contributed by atoms with Crippen molar-refractivity contribution in [3.63, 3.8) is 0 Å². The van der Waals surface area contributed by atoms with Crippen LogP contribution in [0.3, 0.4) is 0 Å². The lowest BCUT2D eigenvalue weighted by molar-refractivity contribution is 0.0572. The summed E-state index contributed by atoms with van der Waals surface area (Å²) in [6.07, 6.45) is 2.62. The first-order valence-electron chi connectivity index (χ1n) is 4.03. The van der Waals surface area contributed by atoms with Gasteiger partial charge in [0.25, 0.3) is 0 Å². The second-order valence-electron chi connectivity index (χ2n) is 2.98. The topological polar surface area (TPSA) is 43.7 Å². The van der Waals surface area contributed by atoms with Crippen LogP contribution in [0, 0.1) is 0 Å². The summed E-state index contributed by atoms with van der Waals surface area (Å²) >= 11 is 5.44. The quantitative estimate of drug-likeness (QED) is 0.481. The van der Waals surface area contributed by atoms with Gasteiger partial charge in [0.1, 0.15) is 0 Å². The Labute approximate surface area is 77.2 Å².